The minimum atomic E-state index is -0.765. The van der Waals surface area contributed by atoms with Crippen molar-refractivity contribution in [1.82, 2.24) is 15.2 Å². The van der Waals surface area contributed by atoms with Crippen LogP contribution >= 0.6 is 0 Å². The first-order valence-corrected chi connectivity index (χ1v) is 8.97. The Bertz CT molecular complexity index is 881. The third-order valence-corrected chi connectivity index (χ3v) is 4.52. The summed E-state index contributed by atoms with van der Waals surface area (Å²) in [4.78, 5) is 30.7. The quantitative estimate of drug-likeness (QED) is 0.798. The Labute approximate surface area is 161 Å². The van der Waals surface area contributed by atoms with Crippen LogP contribution in [-0.2, 0) is 9.59 Å². The molecule has 1 aliphatic heterocycles. The van der Waals surface area contributed by atoms with Crippen LogP contribution in [0.5, 0.6) is 0 Å². The second-order valence-corrected chi connectivity index (χ2v) is 7.10. The number of nitrogens with one attached hydrogen (secondary N) is 1. The molecule has 1 fully saturated rings. The highest BCUT2D eigenvalue weighted by Gasteiger charge is 2.38. The molecule has 2 amide bonds. The number of hydrogen-bond donors (Lipinski definition) is 1. The molecule has 0 spiro atoms. The van der Waals surface area contributed by atoms with Crippen LogP contribution in [0.2, 0.25) is 0 Å². The number of nitrogens with zero attached hydrogens (tertiary/aromatic N) is 2. The predicted molar refractivity (Wildman–Crippen MR) is 97.7 cm³/mol. The summed E-state index contributed by atoms with van der Waals surface area (Å²) in [6.07, 6.45) is 5.70. The third-order valence-electron chi connectivity index (χ3n) is 4.52. The highest BCUT2D eigenvalue weighted by Crippen LogP contribution is 2.24. The summed E-state index contributed by atoms with van der Waals surface area (Å²) in [5, 5.41) is 2.86. The Morgan fingerprint density at radius 2 is 2.21 bits per heavy atom. The van der Waals surface area contributed by atoms with Crippen LogP contribution in [0, 0.1) is 17.6 Å². The second-order valence-electron chi connectivity index (χ2n) is 7.10. The largest absolute Gasteiger partial charge is 0.446 e. The van der Waals surface area contributed by atoms with E-state index >= 15 is 0 Å². The zero-order valence-electron chi connectivity index (χ0n) is 15.6. The summed E-state index contributed by atoms with van der Waals surface area (Å²) < 4.78 is 32.1. The van der Waals surface area contributed by atoms with Gasteiger partial charge < -0.3 is 14.6 Å². The monoisotopic (exact) mass is 389 g/mol. The maximum atomic E-state index is 13.8. The van der Waals surface area contributed by atoms with E-state index in [0.717, 1.165) is 12.1 Å². The van der Waals surface area contributed by atoms with Crippen LogP contribution in [0.25, 0.3) is 6.08 Å². The maximum absolute atomic E-state index is 13.8. The van der Waals surface area contributed by atoms with Gasteiger partial charge in [-0.15, -0.1) is 0 Å². The van der Waals surface area contributed by atoms with Gasteiger partial charge in [-0.25, -0.2) is 13.8 Å². The number of carbonyl (C=O) groups is 2. The van der Waals surface area contributed by atoms with Crippen molar-refractivity contribution >= 4 is 17.9 Å². The number of carbonyl (C=O) groups excluding carboxylic acids is 2. The van der Waals surface area contributed by atoms with Gasteiger partial charge in [-0.2, -0.15) is 0 Å². The molecule has 28 heavy (non-hydrogen) atoms. The van der Waals surface area contributed by atoms with Gasteiger partial charge >= 0.3 is 0 Å². The van der Waals surface area contributed by atoms with Crippen molar-refractivity contribution in [3.05, 3.63) is 59.8 Å². The highest BCUT2D eigenvalue weighted by atomic mass is 19.1. The normalized spacial score (nSPS) is 20.0. The van der Waals surface area contributed by atoms with Gasteiger partial charge in [0.2, 0.25) is 11.8 Å². The number of hydrogen-bond acceptors (Lipinski definition) is 4. The Balaban J connectivity index is 1.83. The molecular weight excluding hydrogens is 368 g/mol. The summed E-state index contributed by atoms with van der Waals surface area (Å²) in [5.74, 6) is -1.54. The van der Waals surface area contributed by atoms with Crippen molar-refractivity contribution in [3.8, 4) is 0 Å². The fraction of sp³-hybridized carbons (Fsp3) is 0.350. The number of halogens is 2. The molecule has 8 heteroatoms. The van der Waals surface area contributed by atoms with Gasteiger partial charge in [-0.05, 0) is 30.5 Å². The van der Waals surface area contributed by atoms with Gasteiger partial charge in [0.25, 0.3) is 0 Å². The Morgan fingerprint density at radius 3 is 2.86 bits per heavy atom. The van der Waals surface area contributed by atoms with E-state index in [2.05, 4.69) is 10.3 Å². The van der Waals surface area contributed by atoms with E-state index in [-0.39, 0.29) is 23.9 Å². The zero-order valence-corrected chi connectivity index (χ0v) is 15.6. The van der Waals surface area contributed by atoms with E-state index in [1.54, 1.807) is 0 Å². The standard InChI is InChI=1S/C20H21F2N3O3/c1-12(2)7-17-20(27)24-16(18-9-23-11-28-18)10-25(17)19(26)6-4-13-3-5-14(21)8-15(13)22/h3-6,8-9,11-12,16-17H,7,10H2,1-2H3,(H,24,27)/t16-,17+/m1/s1. The van der Waals surface area contributed by atoms with E-state index < -0.39 is 29.6 Å². The molecule has 0 bridgehead atoms. The Hall–Kier alpha value is -3.03. The van der Waals surface area contributed by atoms with Crippen molar-refractivity contribution in [1.29, 1.82) is 0 Å². The number of benzene rings is 1. The van der Waals surface area contributed by atoms with Gasteiger partial charge in [0, 0.05) is 24.3 Å². The van der Waals surface area contributed by atoms with Crippen molar-refractivity contribution in [3.63, 3.8) is 0 Å². The minimum Gasteiger partial charge on any atom is -0.446 e. The SMILES string of the molecule is CC(C)C[C@H]1C(=O)N[C@@H](c2cnco2)CN1C(=O)C=Cc1ccc(F)cc1F. The first-order valence-electron chi connectivity index (χ1n) is 8.97. The Morgan fingerprint density at radius 1 is 1.43 bits per heavy atom. The summed E-state index contributed by atoms with van der Waals surface area (Å²) in [6.45, 7) is 4.12. The van der Waals surface area contributed by atoms with Gasteiger partial charge in [0.15, 0.2) is 6.39 Å². The van der Waals surface area contributed by atoms with Crippen LogP contribution < -0.4 is 5.32 Å². The van der Waals surface area contributed by atoms with Crippen LogP contribution in [0.1, 0.15) is 37.6 Å². The molecule has 1 aromatic heterocycles. The average molecular weight is 389 g/mol. The van der Waals surface area contributed by atoms with E-state index in [1.807, 2.05) is 13.8 Å². The molecule has 1 aliphatic rings. The number of rotatable bonds is 5. The second kappa shape index (κ2) is 8.33. The summed E-state index contributed by atoms with van der Waals surface area (Å²) in [5.41, 5.74) is 0.0865. The molecule has 1 N–H and O–H groups in total. The lowest BCUT2D eigenvalue weighted by molar-refractivity contribution is -0.142. The lowest BCUT2D eigenvalue weighted by atomic mass is 9.97. The maximum Gasteiger partial charge on any atom is 0.247 e. The summed E-state index contributed by atoms with van der Waals surface area (Å²) in [7, 11) is 0. The molecule has 6 nitrogen and oxygen atoms in total. The molecule has 0 aliphatic carbocycles. The zero-order chi connectivity index (χ0) is 20.3. The molecule has 0 radical (unpaired) electrons. The molecule has 1 aromatic carbocycles. The lowest BCUT2D eigenvalue weighted by Gasteiger charge is -2.38. The van der Waals surface area contributed by atoms with E-state index in [4.69, 9.17) is 4.42 Å². The number of piperazine rings is 1. The van der Waals surface area contributed by atoms with Crippen LogP contribution in [0.3, 0.4) is 0 Å². The summed E-state index contributed by atoms with van der Waals surface area (Å²) in [6, 6.07) is 1.95. The molecular formula is C20H21F2N3O3. The highest BCUT2D eigenvalue weighted by molar-refractivity contribution is 5.96. The van der Waals surface area contributed by atoms with Crippen molar-refractivity contribution < 1.29 is 22.8 Å². The van der Waals surface area contributed by atoms with E-state index in [1.165, 1.54) is 35.7 Å². The molecule has 148 valence electrons. The first-order chi connectivity index (χ1) is 13.3. The van der Waals surface area contributed by atoms with Gasteiger partial charge in [-0.1, -0.05) is 13.8 Å². The molecule has 0 saturated carbocycles. The molecule has 2 atom stereocenters. The number of aromatic nitrogens is 1. The van der Waals surface area contributed by atoms with Crippen LogP contribution in [-0.4, -0.2) is 34.3 Å². The van der Waals surface area contributed by atoms with Gasteiger partial charge in [-0.3, -0.25) is 9.59 Å². The van der Waals surface area contributed by atoms with Crippen molar-refractivity contribution in [2.75, 3.05) is 6.54 Å². The molecule has 3 rings (SSSR count). The van der Waals surface area contributed by atoms with Crippen molar-refractivity contribution in [2.45, 2.75) is 32.4 Å². The fourth-order valence-electron chi connectivity index (χ4n) is 3.16. The van der Waals surface area contributed by atoms with Crippen LogP contribution in [0.4, 0.5) is 8.78 Å². The smallest absolute Gasteiger partial charge is 0.247 e. The molecule has 0 unspecified atom stereocenters. The number of oxazole rings is 1. The van der Waals surface area contributed by atoms with Gasteiger partial charge in [0.1, 0.15) is 29.5 Å². The van der Waals surface area contributed by atoms with Crippen molar-refractivity contribution in [2.24, 2.45) is 5.92 Å². The molecule has 2 aromatic rings. The third kappa shape index (κ3) is 4.44. The topological polar surface area (TPSA) is 75.4 Å². The first kappa shape index (κ1) is 19.7. The minimum absolute atomic E-state index is 0.0865. The van der Waals surface area contributed by atoms with E-state index in [0.29, 0.717) is 12.2 Å². The molecule has 1 saturated heterocycles. The summed E-state index contributed by atoms with van der Waals surface area (Å²) >= 11 is 0. The van der Waals surface area contributed by atoms with E-state index in [9.17, 15) is 18.4 Å². The average Bonchev–Trinajstić information content (AvgIpc) is 3.16. The molecule has 2 heterocycles. The Kier molecular flexibility index (Phi) is 5.87. The van der Waals surface area contributed by atoms with Gasteiger partial charge in [0.05, 0.1) is 6.20 Å². The lowest BCUT2D eigenvalue weighted by Crippen LogP contribution is -2.58. The predicted octanol–water partition coefficient (Wildman–Crippen LogP) is 3.08. The number of amides is 2. The van der Waals surface area contributed by atoms with Crippen LogP contribution in [0.15, 0.2) is 41.3 Å². The fourth-order valence-corrected chi connectivity index (χ4v) is 3.16.